The van der Waals surface area contributed by atoms with Crippen LogP contribution in [0.1, 0.15) is 66.9 Å². The lowest BCUT2D eigenvalue weighted by Crippen LogP contribution is -2.55. The molecule has 196 valence electrons. The van der Waals surface area contributed by atoms with Crippen LogP contribution in [0.3, 0.4) is 0 Å². The molecule has 0 radical (unpaired) electrons. The van der Waals surface area contributed by atoms with Gasteiger partial charge in [-0.1, -0.05) is 24.3 Å². The van der Waals surface area contributed by atoms with Crippen molar-refractivity contribution in [2.75, 3.05) is 32.8 Å². The fourth-order valence-corrected chi connectivity index (χ4v) is 7.51. The number of aromatic nitrogens is 1. The van der Waals surface area contributed by atoms with Crippen LogP contribution >= 0.6 is 0 Å². The van der Waals surface area contributed by atoms with E-state index in [4.69, 9.17) is 4.74 Å². The first-order valence-electron chi connectivity index (χ1n) is 14.0. The Kier molecular flexibility index (Phi) is 6.65. The van der Waals surface area contributed by atoms with Crippen LogP contribution in [0.2, 0.25) is 0 Å². The molecule has 7 nitrogen and oxygen atoms in total. The molecule has 1 aliphatic carbocycles. The highest BCUT2D eigenvalue weighted by Gasteiger charge is 2.46. The van der Waals surface area contributed by atoms with Crippen LogP contribution in [0.15, 0.2) is 48.8 Å². The van der Waals surface area contributed by atoms with Crippen LogP contribution < -0.4 is 0 Å². The summed E-state index contributed by atoms with van der Waals surface area (Å²) in [6.07, 6.45) is 9.88. The second-order valence-electron chi connectivity index (χ2n) is 11.5. The average molecular weight is 503 g/mol. The van der Waals surface area contributed by atoms with Crippen molar-refractivity contribution in [3.63, 3.8) is 0 Å². The molecule has 0 N–H and O–H groups in total. The number of piperidine rings is 2. The summed E-state index contributed by atoms with van der Waals surface area (Å²) in [5, 5.41) is 0. The predicted molar refractivity (Wildman–Crippen MR) is 141 cm³/mol. The molecule has 2 bridgehead atoms. The van der Waals surface area contributed by atoms with Gasteiger partial charge in [0.25, 0.3) is 5.91 Å². The molecule has 1 aromatic heterocycles. The second-order valence-corrected chi connectivity index (χ2v) is 11.5. The monoisotopic (exact) mass is 502 g/mol. The molecule has 1 aromatic carbocycles. The van der Waals surface area contributed by atoms with E-state index < -0.39 is 0 Å². The number of amides is 2. The molecule has 7 rings (SSSR count). The van der Waals surface area contributed by atoms with Crippen LogP contribution in [0.25, 0.3) is 0 Å². The lowest BCUT2D eigenvalue weighted by molar-refractivity contribution is 0.0486. The van der Waals surface area contributed by atoms with Gasteiger partial charge in [0.1, 0.15) is 0 Å². The van der Waals surface area contributed by atoms with Crippen LogP contribution in [-0.2, 0) is 16.7 Å². The van der Waals surface area contributed by atoms with Gasteiger partial charge < -0.3 is 19.4 Å². The Morgan fingerprint density at radius 2 is 1.89 bits per heavy atom. The Bertz CT molecular complexity index is 1130. The van der Waals surface area contributed by atoms with Crippen molar-refractivity contribution in [2.24, 2.45) is 5.92 Å². The van der Waals surface area contributed by atoms with E-state index in [1.54, 1.807) is 12.4 Å². The average Bonchev–Trinajstić information content (AvgIpc) is 3.26. The van der Waals surface area contributed by atoms with Gasteiger partial charge in [-0.05, 0) is 87.7 Å². The predicted octanol–water partition coefficient (Wildman–Crippen LogP) is 4.47. The molecule has 37 heavy (non-hydrogen) atoms. The van der Waals surface area contributed by atoms with Crippen molar-refractivity contribution in [1.29, 1.82) is 0 Å². The van der Waals surface area contributed by atoms with E-state index in [-0.39, 0.29) is 17.4 Å². The summed E-state index contributed by atoms with van der Waals surface area (Å²) < 4.78 is 5.38. The number of benzene rings is 1. The topological polar surface area (TPSA) is 66.0 Å². The van der Waals surface area contributed by atoms with Crippen molar-refractivity contribution in [1.82, 2.24) is 19.7 Å². The fraction of sp³-hybridized carbons (Fsp3) is 0.567. The molecular weight excluding hydrogens is 464 g/mol. The minimum absolute atomic E-state index is 0.0100. The van der Waals surface area contributed by atoms with E-state index in [1.165, 1.54) is 24.0 Å². The standard InChI is InChI=1S/C30H38N4O3/c1-2-37-29(36)34-19-22-9-10-25(34)17-26(16-22)32-14-11-30(12-15-32)21-33(20-24-6-3-4-8-27(24)30)28(35)23-7-5-13-31-18-23/h3-8,13,18,22,25-26H,2,9-12,14-17,19-21H2,1H3. The number of ether oxygens (including phenoxy) is 1. The Labute approximate surface area is 219 Å². The van der Waals surface area contributed by atoms with E-state index in [0.29, 0.717) is 36.7 Å². The van der Waals surface area contributed by atoms with Gasteiger partial charge in [-0.25, -0.2) is 4.79 Å². The van der Waals surface area contributed by atoms with Crippen LogP contribution in [0.4, 0.5) is 4.79 Å². The summed E-state index contributed by atoms with van der Waals surface area (Å²) in [6.45, 7) is 6.65. The second kappa shape index (κ2) is 10.1. The summed E-state index contributed by atoms with van der Waals surface area (Å²) in [4.78, 5) is 36.9. The Morgan fingerprint density at radius 1 is 1.05 bits per heavy atom. The van der Waals surface area contributed by atoms with Crippen molar-refractivity contribution in [2.45, 2.75) is 69.5 Å². The van der Waals surface area contributed by atoms with E-state index in [9.17, 15) is 9.59 Å². The van der Waals surface area contributed by atoms with Gasteiger partial charge in [-0.2, -0.15) is 0 Å². The number of hydrogen-bond donors (Lipinski definition) is 0. The highest BCUT2D eigenvalue weighted by atomic mass is 16.6. The van der Waals surface area contributed by atoms with Crippen molar-refractivity contribution in [3.8, 4) is 0 Å². The zero-order valence-corrected chi connectivity index (χ0v) is 21.8. The SMILES string of the molecule is CCOC(=O)N1CC2CCC1CC(N1CCC3(CC1)CN(C(=O)c1cccnc1)Cc1ccccc13)C2. The zero-order chi connectivity index (χ0) is 25.4. The van der Waals surface area contributed by atoms with Gasteiger partial charge in [0.05, 0.1) is 12.2 Å². The van der Waals surface area contributed by atoms with E-state index in [0.717, 1.165) is 51.9 Å². The third kappa shape index (κ3) is 4.63. The highest BCUT2D eigenvalue weighted by molar-refractivity contribution is 5.94. The normalized spacial score (nSPS) is 27.0. The first-order chi connectivity index (χ1) is 18.1. The maximum atomic E-state index is 13.4. The lowest BCUT2D eigenvalue weighted by Gasteiger charge is -2.50. The molecule has 1 spiro atoms. The number of pyridine rings is 1. The van der Waals surface area contributed by atoms with Gasteiger partial charge in [-0.15, -0.1) is 0 Å². The van der Waals surface area contributed by atoms with Crippen molar-refractivity contribution >= 4 is 12.0 Å². The lowest BCUT2D eigenvalue weighted by atomic mass is 9.68. The van der Waals surface area contributed by atoms with Crippen molar-refractivity contribution in [3.05, 3.63) is 65.5 Å². The summed E-state index contributed by atoms with van der Waals surface area (Å²) >= 11 is 0. The molecule has 5 heterocycles. The third-order valence-electron chi connectivity index (χ3n) is 9.37. The maximum absolute atomic E-state index is 13.4. The zero-order valence-electron chi connectivity index (χ0n) is 21.8. The number of carbonyl (C=O) groups is 2. The van der Waals surface area contributed by atoms with Gasteiger partial charge in [0, 0.05) is 49.5 Å². The molecule has 3 atom stereocenters. The number of fused-ring (bicyclic) bond motifs is 6. The first-order valence-corrected chi connectivity index (χ1v) is 14.0. The minimum atomic E-state index is -0.132. The number of hydrogen-bond acceptors (Lipinski definition) is 5. The number of carbonyl (C=O) groups excluding carboxylic acids is 2. The van der Waals surface area contributed by atoms with E-state index in [2.05, 4.69) is 34.1 Å². The molecule has 5 aliphatic rings. The quantitative estimate of drug-likeness (QED) is 0.620. The fourth-order valence-electron chi connectivity index (χ4n) is 7.51. The highest BCUT2D eigenvalue weighted by Crippen LogP contribution is 2.44. The van der Waals surface area contributed by atoms with Crippen molar-refractivity contribution < 1.29 is 14.3 Å². The largest absolute Gasteiger partial charge is 0.450 e. The summed E-state index contributed by atoms with van der Waals surface area (Å²) in [7, 11) is 0. The number of likely N-dealkylation sites (tertiary alicyclic amines) is 1. The molecule has 1 saturated carbocycles. The molecule has 3 saturated heterocycles. The Balaban J connectivity index is 1.18. The van der Waals surface area contributed by atoms with E-state index >= 15 is 0 Å². The molecule has 7 heteroatoms. The van der Waals surface area contributed by atoms with E-state index in [1.807, 2.05) is 28.9 Å². The molecule has 3 unspecified atom stereocenters. The summed E-state index contributed by atoms with van der Waals surface area (Å²) in [6, 6.07) is 13.2. The number of nitrogens with zero attached hydrogens (tertiary/aromatic N) is 4. The maximum Gasteiger partial charge on any atom is 0.410 e. The van der Waals surface area contributed by atoms with Crippen LogP contribution in [0, 0.1) is 5.92 Å². The molecule has 2 aromatic rings. The van der Waals surface area contributed by atoms with Crippen LogP contribution in [0.5, 0.6) is 0 Å². The smallest absolute Gasteiger partial charge is 0.410 e. The Hall–Kier alpha value is -2.93. The first kappa shape index (κ1) is 24.4. The molecule has 4 fully saturated rings. The molecule has 2 amide bonds. The van der Waals surface area contributed by atoms with Gasteiger partial charge in [-0.3, -0.25) is 9.78 Å². The minimum Gasteiger partial charge on any atom is -0.450 e. The van der Waals surface area contributed by atoms with Gasteiger partial charge in [0.15, 0.2) is 0 Å². The van der Waals surface area contributed by atoms with Gasteiger partial charge in [0.2, 0.25) is 0 Å². The van der Waals surface area contributed by atoms with Crippen LogP contribution in [-0.4, -0.2) is 76.6 Å². The van der Waals surface area contributed by atoms with Gasteiger partial charge >= 0.3 is 6.09 Å². The number of rotatable bonds is 3. The molecular formula is C30H38N4O3. The molecule has 4 aliphatic heterocycles. The Morgan fingerprint density at radius 3 is 2.68 bits per heavy atom. The summed E-state index contributed by atoms with van der Waals surface area (Å²) in [5.41, 5.74) is 3.36. The third-order valence-corrected chi connectivity index (χ3v) is 9.37. The summed E-state index contributed by atoms with van der Waals surface area (Å²) in [5.74, 6) is 0.635.